The lowest BCUT2D eigenvalue weighted by atomic mass is 9.86. The van der Waals surface area contributed by atoms with Gasteiger partial charge in [0.25, 0.3) is 0 Å². The van der Waals surface area contributed by atoms with Crippen molar-refractivity contribution >= 4 is 11.8 Å². The van der Waals surface area contributed by atoms with Crippen LogP contribution in [0.1, 0.15) is 68.2 Å². The minimum absolute atomic E-state index is 0.461. The van der Waals surface area contributed by atoms with E-state index in [-0.39, 0.29) is 0 Å². The van der Waals surface area contributed by atoms with Gasteiger partial charge >= 0.3 is 0 Å². The lowest BCUT2D eigenvalue weighted by Gasteiger charge is -2.37. The lowest BCUT2D eigenvalue weighted by molar-refractivity contribution is 0.331. The second kappa shape index (κ2) is 5.61. The average Bonchev–Trinajstić information content (AvgIpc) is 2.17. The molecule has 15 heavy (non-hydrogen) atoms. The van der Waals surface area contributed by atoms with Crippen molar-refractivity contribution in [3.63, 3.8) is 0 Å². The van der Waals surface area contributed by atoms with Crippen molar-refractivity contribution in [2.45, 2.75) is 78.7 Å². The van der Waals surface area contributed by atoms with Crippen molar-refractivity contribution in [3.05, 3.63) is 0 Å². The molecule has 0 aromatic heterocycles. The highest BCUT2D eigenvalue weighted by atomic mass is 32.2. The van der Waals surface area contributed by atoms with E-state index in [0.29, 0.717) is 10.8 Å². The Morgan fingerprint density at radius 1 is 0.800 bits per heavy atom. The lowest BCUT2D eigenvalue weighted by Crippen LogP contribution is -2.30. The maximum absolute atomic E-state index is 2.39. The van der Waals surface area contributed by atoms with E-state index in [4.69, 9.17) is 0 Å². The van der Waals surface area contributed by atoms with Gasteiger partial charge in [-0.3, -0.25) is 0 Å². The van der Waals surface area contributed by atoms with E-state index in [1.54, 1.807) is 0 Å². The summed E-state index contributed by atoms with van der Waals surface area (Å²) in [6.07, 6.45) is 2.53. The van der Waals surface area contributed by atoms with E-state index >= 15 is 0 Å². The molecule has 0 aliphatic heterocycles. The largest absolute Gasteiger partial charge is 0.155 e. The van der Waals surface area contributed by atoms with Gasteiger partial charge in [-0.15, -0.1) is 0 Å². The fourth-order valence-corrected chi connectivity index (χ4v) is 2.93. The summed E-state index contributed by atoms with van der Waals surface area (Å²) in [5.41, 5.74) is 0.922. The van der Waals surface area contributed by atoms with Crippen LogP contribution in [0.15, 0.2) is 0 Å². The fraction of sp³-hybridized carbons (Fsp3) is 1.00. The zero-order chi connectivity index (χ0) is 12.3. The molecule has 0 heterocycles. The zero-order valence-electron chi connectivity index (χ0n) is 12.0. The number of rotatable bonds is 6. The molecule has 0 radical (unpaired) electrons. The maximum atomic E-state index is 2.39. The molecule has 0 amide bonds. The van der Waals surface area contributed by atoms with Crippen LogP contribution < -0.4 is 0 Å². The Kier molecular flexibility index (Phi) is 5.74. The molecule has 0 saturated carbocycles. The molecule has 2 atom stereocenters. The molecule has 0 rings (SSSR count). The molecule has 0 aliphatic carbocycles. The highest BCUT2D eigenvalue weighted by Gasteiger charge is 2.31. The molecule has 1 heteroatoms. The van der Waals surface area contributed by atoms with E-state index in [0.717, 1.165) is 10.5 Å². The van der Waals surface area contributed by atoms with Crippen LogP contribution in [-0.2, 0) is 0 Å². The van der Waals surface area contributed by atoms with Gasteiger partial charge < -0.3 is 0 Å². The van der Waals surface area contributed by atoms with Crippen LogP contribution >= 0.6 is 11.8 Å². The van der Waals surface area contributed by atoms with Crippen LogP contribution in [0.2, 0.25) is 0 Å². The summed E-state index contributed by atoms with van der Waals surface area (Å²) >= 11 is 2.16. The molecule has 0 aliphatic rings. The van der Waals surface area contributed by atoms with Crippen molar-refractivity contribution in [2.24, 2.45) is 10.8 Å². The molecule has 0 saturated heterocycles. The predicted molar refractivity (Wildman–Crippen MR) is 74.7 cm³/mol. The molecule has 0 bridgehead atoms. The van der Waals surface area contributed by atoms with Crippen molar-refractivity contribution in [2.75, 3.05) is 0 Å². The van der Waals surface area contributed by atoms with Crippen LogP contribution in [0.3, 0.4) is 0 Å². The molecule has 0 nitrogen and oxygen atoms in total. The first-order valence-electron chi connectivity index (χ1n) is 6.32. The second-order valence-electron chi connectivity index (χ2n) is 6.10. The molecule has 0 aromatic carbocycles. The van der Waals surface area contributed by atoms with Gasteiger partial charge in [0.1, 0.15) is 0 Å². The molecule has 2 unspecified atom stereocenters. The normalized spacial score (nSPS) is 17.6. The Bertz CT molecular complexity index is 162. The van der Waals surface area contributed by atoms with Gasteiger partial charge in [-0.2, -0.15) is 11.8 Å². The summed E-state index contributed by atoms with van der Waals surface area (Å²) in [6, 6.07) is 0. The molecule has 0 spiro atoms. The summed E-state index contributed by atoms with van der Waals surface area (Å²) in [6.45, 7) is 18.9. The standard InChI is InChI=1S/C14H30S/c1-9-13(5,6)11(3)15-12(4)14(7,8)10-2/h11-12H,9-10H2,1-8H3. The van der Waals surface area contributed by atoms with Crippen LogP contribution in [0, 0.1) is 10.8 Å². The minimum Gasteiger partial charge on any atom is -0.155 e. The van der Waals surface area contributed by atoms with Crippen molar-refractivity contribution in [3.8, 4) is 0 Å². The van der Waals surface area contributed by atoms with Crippen molar-refractivity contribution in [1.82, 2.24) is 0 Å². The number of hydrogen-bond donors (Lipinski definition) is 0. The first-order valence-corrected chi connectivity index (χ1v) is 7.27. The van der Waals surface area contributed by atoms with Gasteiger partial charge in [0.2, 0.25) is 0 Å². The topological polar surface area (TPSA) is 0 Å². The zero-order valence-corrected chi connectivity index (χ0v) is 12.8. The molecule has 0 N–H and O–H groups in total. The van der Waals surface area contributed by atoms with Crippen LogP contribution in [0.25, 0.3) is 0 Å². The Morgan fingerprint density at radius 3 is 1.27 bits per heavy atom. The average molecular weight is 230 g/mol. The summed E-state index contributed by atoms with van der Waals surface area (Å²) in [7, 11) is 0. The monoisotopic (exact) mass is 230 g/mol. The predicted octanol–water partition coefficient (Wildman–Crippen LogP) is 5.37. The Morgan fingerprint density at radius 2 is 1.07 bits per heavy atom. The molecule has 92 valence electrons. The van der Waals surface area contributed by atoms with E-state index in [1.807, 2.05) is 0 Å². The third kappa shape index (κ3) is 4.38. The van der Waals surface area contributed by atoms with Gasteiger partial charge in [-0.1, -0.05) is 55.4 Å². The first kappa shape index (κ1) is 15.3. The van der Waals surface area contributed by atoms with Crippen LogP contribution in [0.5, 0.6) is 0 Å². The second-order valence-corrected chi connectivity index (χ2v) is 7.79. The molecular formula is C14H30S. The van der Waals surface area contributed by atoms with E-state index in [9.17, 15) is 0 Å². The van der Waals surface area contributed by atoms with Gasteiger partial charge in [0.05, 0.1) is 0 Å². The highest BCUT2D eigenvalue weighted by molar-refractivity contribution is 8.00. The fourth-order valence-electron chi connectivity index (χ4n) is 1.25. The highest BCUT2D eigenvalue weighted by Crippen LogP contribution is 2.41. The third-order valence-corrected chi connectivity index (χ3v) is 6.52. The molecule has 0 aromatic rings. The first-order chi connectivity index (χ1) is 6.67. The van der Waals surface area contributed by atoms with Crippen LogP contribution in [-0.4, -0.2) is 10.5 Å². The Balaban J connectivity index is 4.36. The summed E-state index contributed by atoms with van der Waals surface area (Å²) in [5, 5.41) is 1.48. The van der Waals surface area contributed by atoms with Crippen LogP contribution in [0.4, 0.5) is 0 Å². The number of hydrogen-bond acceptors (Lipinski definition) is 1. The van der Waals surface area contributed by atoms with Gasteiger partial charge in [0.15, 0.2) is 0 Å². The Labute approximate surface area is 102 Å². The molecular weight excluding hydrogens is 200 g/mol. The summed E-state index contributed by atoms with van der Waals surface area (Å²) < 4.78 is 0. The van der Waals surface area contributed by atoms with Gasteiger partial charge in [-0.25, -0.2) is 0 Å². The van der Waals surface area contributed by atoms with E-state index < -0.39 is 0 Å². The Hall–Kier alpha value is 0.350. The quantitative estimate of drug-likeness (QED) is 0.591. The maximum Gasteiger partial charge on any atom is 0.00726 e. The van der Waals surface area contributed by atoms with Crippen molar-refractivity contribution < 1.29 is 0 Å². The third-order valence-electron chi connectivity index (χ3n) is 4.43. The molecule has 0 fully saturated rings. The van der Waals surface area contributed by atoms with Crippen molar-refractivity contribution in [1.29, 1.82) is 0 Å². The SMILES string of the molecule is CCC(C)(C)C(C)SC(C)C(C)(C)CC. The number of thioether (sulfide) groups is 1. The van der Waals surface area contributed by atoms with E-state index in [2.05, 4.69) is 67.2 Å². The minimum atomic E-state index is 0.461. The van der Waals surface area contributed by atoms with Gasteiger partial charge in [-0.05, 0) is 23.7 Å². The van der Waals surface area contributed by atoms with Gasteiger partial charge in [0, 0.05) is 10.5 Å². The van der Waals surface area contributed by atoms with E-state index in [1.165, 1.54) is 12.8 Å². The smallest absolute Gasteiger partial charge is 0.00726 e. The summed E-state index contributed by atoms with van der Waals surface area (Å²) in [5.74, 6) is 0. The summed E-state index contributed by atoms with van der Waals surface area (Å²) in [4.78, 5) is 0.